The summed E-state index contributed by atoms with van der Waals surface area (Å²) in [4.78, 5) is 24.9. The highest BCUT2D eigenvalue weighted by Crippen LogP contribution is 2.49. The summed E-state index contributed by atoms with van der Waals surface area (Å²) in [6.07, 6.45) is 5.97. The number of amides is 1. The molecule has 55 heavy (non-hydrogen) atoms. The molecule has 4 aliphatic heterocycles. The average Bonchev–Trinajstić information content (AvgIpc) is 3.50. The highest BCUT2D eigenvalue weighted by molar-refractivity contribution is 7.82. The van der Waals surface area contributed by atoms with Gasteiger partial charge in [0.15, 0.2) is 11.6 Å². The van der Waals surface area contributed by atoms with Gasteiger partial charge in [-0.15, -0.1) is 0 Å². The second kappa shape index (κ2) is 14.3. The van der Waals surface area contributed by atoms with Gasteiger partial charge in [-0.1, -0.05) is 40.5 Å². The second-order valence-corrected chi connectivity index (χ2v) is 18.1. The number of aryl methyl sites for hydroxylation is 4. The number of rotatable bonds is 7. The molecule has 3 aromatic heterocycles. The van der Waals surface area contributed by atoms with Gasteiger partial charge >= 0.3 is 0 Å². The van der Waals surface area contributed by atoms with E-state index in [9.17, 15) is 14.3 Å². The van der Waals surface area contributed by atoms with Crippen molar-refractivity contribution in [2.75, 3.05) is 19.6 Å². The number of carbonyl (C=O) groups excluding carboxylic acids is 1. The fraction of sp³-hybridized carbons (Fsp3) is 0.463. The van der Waals surface area contributed by atoms with Crippen LogP contribution in [-0.4, -0.2) is 66.2 Å². The SMILES string of the molecule is C1NC2CC1C2.Cc1noc(C)c1S(=O)N1CC2CC(C1)N(C(=O)C1CC1)C2c1cc2c(C)nc3c(F)c(-c4cccc(Cl)c4Cl)c(CCC#N)cc3c2[nH]1. The van der Waals surface area contributed by atoms with E-state index in [4.69, 9.17) is 32.7 Å². The van der Waals surface area contributed by atoms with Crippen LogP contribution in [0, 0.1) is 55.7 Å². The molecular weight excluding hydrogens is 760 g/mol. The van der Waals surface area contributed by atoms with E-state index in [2.05, 4.69) is 21.5 Å². The van der Waals surface area contributed by atoms with Gasteiger partial charge in [0.1, 0.15) is 21.4 Å². The third-order valence-corrected chi connectivity index (χ3v) is 14.7. The van der Waals surface area contributed by atoms with Crippen LogP contribution in [0.3, 0.4) is 0 Å². The number of pyridine rings is 1. The summed E-state index contributed by atoms with van der Waals surface area (Å²) in [5, 5.41) is 18.8. The first-order valence-corrected chi connectivity index (χ1v) is 21.0. The molecule has 6 aliphatic rings. The first kappa shape index (κ1) is 36.8. The zero-order valence-corrected chi connectivity index (χ0v) is 33.3. The predicted octanol–water partition coefficient (Wildman–Crippen LogP) is 8.27. The number of nitrogens with zero attached hydrogens (tertiary/aromatic N) is 5. The molecule has 2 aliphatic carbocycles. The molecule has 4 atom stereocenters. The van der Waals surface area contributed by atoms with E-state index in [1.807, 2.05) is 28.3 Å². The summed E-state index contributed by atoms with van der Waals surface area (Å²) in [5.41, 5.74) is 4.34. The van der Waals surface area contributed by atoms with Crippen molar-refractivity contribution in [3.8, 4) is 17.2 Å². The van der Waals surface area contributed by atoms with Gasteiger partial charge in [-0.25, -0.2) is 17.9 Å². The second-order valence-electron chi connectivity index (χ2n) is 15.9. The van der Waals surface area contributed by atoms with Gasteiger partial charge in [-0.3, -0.25) is 4.79 Å². The van der Waals surface area contributed by atoms with Crippen LogP contribution in [0.4, 0.5) is 4.39 Å². The van der Waals surface area contributed by atoms with Crippen molar-refractivity contribution in [3.05, 3.63) is 74.6 Å². The molecule has 7 heterocycles. The Morgan fingerprint density at radius 3 is 2.56 bits per heavy atom. The number of nitrogens with one attached hydrogen (secondary N) is 2. The zero-order valence-electron chi connectivity index (χ0n) is 30.9. The molecule has 10 nitrogen and oxygen atoms in total. The molecule has 11 rings (SSSR count). The maximum Gasteiger partial charge on any atom is 0.226 e. The van der Waals surface area contributed by atoms with Crippen LogP contribution in [0.25, 0.3) is 32.9 Å². The summed E-state index contributed by atoms with van der Waals surface area (Å²) in [5.74, 6) is 1.23. The number of nitriles is 1. The Balaban J connectivity index is 0.000000597. The number of hydrogen-bond donors (Lipinski definition) is 2. The van der Waals surface area contributed by atoms with Crippen LogP contribution in [0.5, 0.6) is 0 Å². The van der Waals surface area contributed by atoms with Gasteiger partial charge in [0.25, 0.3) is 0 Å². The number of halogens is 3. The number of aromatic amines is 1. The van der Waals surface area contributed by atoms with Crippen molar-refractivity contribution in [1.29, 1.82) is 5.26 Å². The van der Waals surface area contributed by atoms with Crippen molar-refractivity contribution < 1.29 is 17.9 Å². The van der Waals surface area contributed by atoms with Gasteiger partial charge in [0.05, 0.1) is 33.4 Å². The first-order valence-electron chi connectivity index (χ1n) is 19.1. The smallest absolute Gasteiger partial charge is 0.226 e. The monoisotopic (exact) mass is 801 g/mol. The fourth-order valence-electron chi connectivity index (χ4n) is 9.34. The van der Waals surface area contributed by atoms with E-state index in [1.165, 1.54) is 19.4 Å². The topological polar surface area (TPSA) is 131 Å². The number of piperidine rings is 1. The van der Waals surface area contributed by atoms with E-state index < -0.39 is 16.8 Å². The third-order valence-electron chi connectivity index (χ3n) is 12.2. The van der Waals surface area contributed by atoms with E-state index in [0.29, 0.717) is 63.1 Å². The minimum atomic E-state index is -1.49. The van der Waals surface area contributed by atoms with Crippen LogP contribution < -0.4 is 5.32 Å². The molecule has 0 radical (unpaired) electrons. The lowest BCUT2D eigenvalue weighted by molar-refractivity contribution is -0.135. The largest absolute Gasteiger partial charge is 0.360 e. The van der Waals surface area contributed by atoms with E-state index in [0.717, 1.165) is 47.8 Å². The molecule has 1 amide bonds. The molecule has 14 heteroatoms. The van der Waals surface area contributed by atoms with Gasteiger partial charge < -0.3 is 19.7 Å². The number of carbonyl (C=O) groups is 1. The lowest BCUT2D eigenvalue weighted by atomic mass is 9.87. The quantitative estimate of drug-likeness (QED) is 0.169. The Labute approximate surface area is 331 Å². The van der Waals surface area contributed by atoms with E-state index >= 15 is 4.39 Å². The van der Waals surface area contributed by atoms with E-state index in [-0.39, 0.29) is 52.4 Å². The predicted molar refractivity (Wildman–Crippen MR) is 210 cm³/mol. The van der Waals surface area contributed by atoms with Crippen molar-refractivity contribution in [1.82, 2.24) is 29.6 Å². The number of fused-ring (bicyclic) bond motifs is 6. The van der Waals surface area contributed by atoms with Crippen molar-refractivity contribution in [2.45, 2.75) is 88.7 Å². The summed E-state index contributed by atoms with van der Waals surface area (Å²) < 4.78 is 37.9. The van der Waals surface area contributed by atoms with Crippen molar-refractivity contribution >= 4 is 61.9 Å². The van der Waals surface area contributed by atoms with Crippen molar-refractivity contribution in [3.63, 3.8) is 0 Å². The molecule has 286 valence electrons. The molecule has 2 saturated carbocycles. The maximum absolute atomic E-state index is 16.7. The van der Waals surface area contributed by atoms with Gasteiger partial charge in [0, 0.05) is 76.7 Å². The number of likely N-dealkylation sites (tertiary alicyclic amines) is 1. The normalized spacial score (nSPS) is 24.8. The van der Waals surface area contributed by atoms with Crippen LogP contribution in [0.2, 0.25) is 10.0 Å². The number of hydrogen-bond acceptors (Lipinski definition) is 7. The minimum absolute atomic E-state index is 0.00509. The van der Waals surface area contributed by atoms with Crippen LogP contribution in [0.1, 0.15) is 73.0 Å². The van der Waals surface area contributed by atoms with Crippen LogP contribution >= 0.6 is 23.2 Å². The Kier molecular flexibility index (Phi) is 9.53. The Bertz CT molecular complexity index is 2400. The molecule has 2 aromatic carbocycles. The molecule has 4 saturated heterocycles. The Morgan fingerprint density at radius 1 is 1.11 bits per heavy atom. The molecule has 6 fully saturated rings. The third kappa shape index (κ3) is 6.36. The minimum Gasteiger partial charge on any atom is -0.360 e. The maximum atomic E-state index is 16.7. The highest BCUT2D eigenvalue weighted by atomic mass is 35.5. The molecule has 4 bridgehead atoms. The molecule has 5 aromatic rings. The average molecular weight is 803 g/mol. The lowest BCUT2D eigenvalue weighted by Crippen LogP contribution is -2.45. The Hall–Kier alpha value is -3.86. The van der Waals surface area contributed by atoms with Gasteiger partial charge in [-0.2, -0.15) is 5.26 Å². The Morgan fingerprint density at radius 2 is 1.91 bits per heavy atom. The highest BCUT2D eigenvalue weighted by Gasteiger charge is 2.52. The molecule has 4 unspecified atom stereocenters. The van der Waals surface area contributed by atoms with Gasteiger partial charge in [-0.05, 0) is 95.5 Å². The zero-order chi connectivity index (χ0) is 38.3. The van der Waals surface area contributed by atoms with E-state index in [1.54, 1.807) is 32.0 Å². The number of benzene rings is 2. The molecule has 2 N–H and O–H groups in total. The standard InChI is InChI=1S/C36H33Cl2FN6O3S.C5H9N/c1-17-25-14-28(34-22-12-23(45(34)36(46)20-9-10-20)16-44(15-22)49(47)35-18(2)43-48-19(35)3)42-32(25)26-13-21(6-5-11-40)29(31(39)33(26)41-17)24-7-4-8-27(37)30(24)38;1-4-2-5(1)6-3-4/h4,7-8,13-14,20,22-23,34,42H,5-6,9-10,12,15-16H2,1-3H3;4-6H,1-3H2. The summed E-state index contributed by atoms with van der Waals surface area (Å²) >= 11 is 12.9. The summed E-state index contributed by atoms with van der Waals surface area (Å²) in [7, 11) is -1.49. The first-order chi connectivity index (χ1) is 26.5. The number of H-pyrrole nitrogens is 1. The number of aromatic nitrogens is 3. The van der Waals surface area contributed by atoms with Crippen LogP contribution in [-0.2, 0) is 22.2 Å². The summed E-state index contributed by atoms with van der Waals surface area (Å²) in [6, 6.07) is 11.8. The summed E-state index contributed by atoms with van der Waals surface area (Å²) in [6.45, 7) is 7.72. The van der Waals surface area contributed by atoms with Crippen molar-refractivity contribution in [2.24, 2.45) is 17.8 Å². The molecular formula is C41H42Cl2FN7O3S. The molecule has 0 spiro atoms. The fourth-order valence-corrected chi connectivity index (χ4v) is 11.2. The van der Waals surface area contributed by atoms with Gasteiger partial charge in [0.2, 0.25) is 5.91 Å². The lowest BCUT2D eigenvalue weighted by Gasteiger charge is -2.31. The van der Waals surface area contributed by atoms with Crippen LogP contribution in [0.15, 0.2) is 39.8 Å².